The molecule has 0 bridgehead atoms. The molecule has 0 aromatic heterocycles. The first-order chi connectivity index (χ1) is 8.16. The smallest absolute Gasteiger partial charge is 0.295 e. The second kappa shape index (κ2) is 7.41. The quantitative estimate of drug-likeness (QED) is 0.520. The van der Waals surface area contributed by atoms with Gasteiger partial charge in [0.05, 0.1) is 0 Å². The van der Waals surface area contributed by atoms with Gasteiger partial charge in [-0.05, 0) is 31.2 Å². The minimum absolute atomic E-state index is 0. The van der Waals surface area contributed by atoms with Gasteiger partial charge < -0.3 is 0 Å². The predicted octanol–water partition coefficient (Wildman–Crippen LogP) is 1.33. The van der Waals surface area contributed by atoms with Crippen LogP contribution in [-0.2, 0) is 0 Å². The topological polar surface area (TPSA) is 17.1 Å². The summed E-state index contributed by atoms with van der Waals surface area (Å²) in [5, 5.41) is 0. The van der Waals surface area contributed by atoms with Crippen LogP contribution in [0.2, 0.25) is 0 Å². The first-order valence-corrected chi connectivity index (χ1v) is 6.50. The van der Waals surface area contributed by atoms with Gasteiger partial charge >= 0.3 is 29.6 Å². The van der Waals surface area contributed by atoms with Crippen molar-refractivity contribution in [1.29, 1.82) is 0 Å². The van der Waals surface area contributed by atoms with Crippen LogP contribution in [0.25, 0.3) is 0 Å². The molecule has 0 aliphatic heterocycles. The van der Waals surface area contributed by atoms with Crippen molar-refractivity contribution < 1.29 is 34.4 Å². The summed E-state index contributed by atoms with van der Waals surface area (Å²) in [5.41, 5.74) is 0.723. The van der Waals surface area contributed by atoms with E-state index < -0.39 is 0 Å². The number of rotatable bonds is 3. The number of ketones is 1. The Morgan fingerprint density at radius 2 is 1.78 bits per heavy atom. The van der Waals surface area contributed by atoms with E-state index in [0.29, 0.717) is 0 Å². The second-order valence-electron chi connectivity index (χ2n) is 3.65. The summed E-state index contributed by atoms with van der Waals surface area (Å²) < 4.78 is 0. The molecule has 0 heterocycles. The van der Waals surface area contributed by atoms with Crippen LogP contribution in [0, 0.1) is 0 Å². The van der Waals surface area contributed by atoms with Crippen molar-refractivity contribution in [1.82, 2.24) is 0 Å². The van der Waals surface area contributed by atoms with Gasteiger partial charge in [-0.3, -0.25) is 4.79 Å². The molecule has 0 unspecified atom stereocenters. The van der Waals surface area contributed by atoms with Gasteiger partial charge in [0.2, 0.25) is 0 Å². The third-order valence-electron chi connectivity index (χ3n) is 2.34. The van der Waals surface area contributed by atoms with Crippen LogP contribution in [0.5, 0.6) is 0 Å². The van der Waals surface area contributed by atoms with Gasteiger partial charge in [-0.1, -0.05) is 36.0 Å². The molecular weight excluding hydrogens is 271 g/mol. The largest absolute Gasteiger partial charge is 1.00 e. The minimum atomic E-state index is 0. The molecule has 0 aliphatic carbocycles. The van der Waals surface area contributed by atoms with Gasteiger partial charge in [0.15, 0.2) is 5.78 Å². The van der Waals surface area contributed by atoms with E-state index in [-0.39, 0.29) is 35.3 Å². The average Bonchev–Trinajstić information content (AvgIpc) is 2.33. The number of benzene rings is 2. The van der Waals surface area contributed by atoms with Gasteiger partial charge in [0.25, 0.3) is 0 Å². The third-order valence-corrected chi connectivity index (χ3v) is 3.94. The zero-order valence-electron chi connectivity index (χ0n) is 10.4. The van der Waals surface area contributed by atoms with E-state index in [4.69, 9.17) is 0 Å². The molecule has 0 radical (unpaired) electrons. The standard InChI is InChI=1S/C14H12OS2.Na/c1-10(15)11-7-8-13(16)14(9-11)17-12-5-3-2-4-6-12;/h2-9,16H,1H3;/q;+1. The van der Waals surface area contributed by atoms with Crippen LogP contribution in [-0.4, -0.2) is 5.78 Å². The summed E-state index contributed by atoms with van der Waals surface area (Å²) in [6.45, 7) is 1.57. The molecule has 2 aromatic carbocycles. The fraction of sp³-hybridized carbons (Fsp3) is 0.0714. The molecule has 0 saturated heterocycles. The molecule has 0 atom stereocenters. The number of hydrogen-bond acceptors (Lipinski definition) is 3. The Labute approximate surface area is 139 Å². The maximum Gasteiger partial charge on any atom is 1.00 e. The Morgan fingerprint density at radius 3 is 2.39 bits per heavy atom. The van der Waals surface area contributed by atoms with E-state index in [1.807, 2.05) is 42.5 Å². The molecule has 2 aromatic rings. The number of thiol groups is 1. The van der Waals surface area contributed by atoms with Gasteiger partial charge in [-0.2, -0.15) is 0 Å². The number of Topliss-reactive ketones (excluding diaryl/α,β-unsaturated/α-hetero) is 1. The molecule has 0 saturated carbocycles. The van der Waals surface area contributed by atoms with Gasteiger partial charge in [0, 0.05) is 20.2 Å². The van der Waals surface area contributed by atoms with Crippen LogP contribution in [0.1, 0.15) is 17.3 Å². The van der Waals surface area contributed by atoms with E-state index in [9.17, 15) is 4.79 Å². The Hall–Kier alpha value is -0.190. The van der Waals surface area contributed by atoms with Crippen LogP contribution in [0.15, 0.2) is 63.2 Å². The monoisotopic (exact) mass is 283 g/mol. The average molecular weight is 283 g/mol. The molecule has 4 heteroatoms. The normalized spacial score (nSPS) is 9.67. The molecule has 0 amide bonds. The molecule has 86 valence electrons. The van der Waals surface area contributed by atoms with Crippen molar-refractivity contribution in [2.75, 3.05) is 0 Å². The molecule has 0 aliphatic rings. The van der Waals surface area contributed by atoms with Crippen LogP contribution in [0.4, 0.5) is 0 Å². The molecule has 2 rings (SSSR count). The van der Waals surface area contributed by atoms with E-state index in [0.717, 1.165) is 20.2 Å². The maximum atomic E-state index is 11.3. The molecule has 1 nitrogen and oxygen atoms in total. The van der Waals surface area contributed by atoms with Crippen molar-refractivity contribution in [2.24, 2.45) is 0 Å². The van der Waals surface area contributed by atoms with Crippen molar-refractivity contribution in [3.63, 3.8) is 0 Å². The minimum Gasteiger partial charge on any atom is -0.295 e. The zero-order valence-corrected chi connectivity index (χ0v) is 14.1. The summed E-state index contributed by atoms with van der Waals surface area (Å²) in [6, 6.07) is 15.6. The SMILES string of the molecule is CC(=O)c1ccc(S)c(Sc2ccccc2)c1.[Na+]. The Morgan fingerprint density at radius 1 is 1.11 bits per heavy atom. The number of carbonyl (C=O) groups excluding carboxylic acids is 1. The fourth-order valence-corrected chi connectivity index (χ4v) is 2.61. The fourth-order valence-electron chi connectivity index (χ4n) is 1.43. The summed E-state index contributed by atoms with van der Waals surface area (Å²) >= 11 is 6.03. The Bertz CT molecular complexity index is 541. The van der Waals surface area contributed by atoms with Gasteiger partial charge in [-0.15, -0.1) is 12.6 Å². The van der Waals surface area contributed by atoms with E-state index >= 15 is 0 Å². The third kappa shape index (κ3) is 4.18. The van der Waals surface area contributed by atoms with Crippen molar-refractivity contribution >= 4 is 30.2 Å². The molecule has 0 N–H and O–H groups in total. The van der Waals surface area contributed by atoms with Gasteiger partial charge in [-0.25, -0.2) is 0 Å². The van der Waals surface area contributed by atoms with Crippen LogP contribution < -0.4 is 29.6 Å². The zero-order chi connectivity index (χ0) is 12.3. The molecular formula is C14H12NaOS2+. The van der Waals surface area contributed by atoms with Crippen molar-refractivity contribution in [3.05, 3.63) is 54.1 Å². The summed E-state index contributed by atoms with van der Waals surface area (Å²) in [4.78, 5) is 14.4. The number of carbonyl (C=O) groups is 1. The molecule has 18 heavy (non-hydrogen) atoms. The van der Waals surface area contributed by atoms with E-state index in [1.54, 1.807) is 24.8 Å². The predicted molar refractivity (Wildman–Crippen MR) is 74.3 cm³/mol. The van der Waals surface area contributed by atoms with Gasteiger partial charge in [0.1, 0.15) is 0 Å². The number of hydrogen-bond donors (Lipinski definition) is 1. The Balaban J connectivity index is 0.00000162. The van der Waals surface area contributed by atoms with E-state index in [2.05, 4.69) is 12.6 Å². The summed E-state index contributed by atoms with van der Waals surface area (Å²) in [7, 11) is 0. The second-order valence-corrected chi connectivity index (χ2v) is 5.25. The molecule has 0 spiro atoms. The summed E-state index contributed by atoms with van der Waals surface area (Å²) in [5.74, 6) is 0.0771. The first-order valence-electron chi connectivity index (χ1n) is 5.23. The van der Waals surface area contributed by atoms with Crippen LogP contribution in [0.3, 0.4) is 0 Å². The van der Waals surface area contributed by atoms with Crippen LogP contribution >= 0.6 is 24.4 Å². The van der Waals surface area contributed by atoms with E-state index in [1.165, 1.54) is 0 Å². The first kappa shape index (κ1) is 15.9. The van der Waals surface area contributed by atoms with Crippen molar-refractivity contribution in [3.8, 4) is 0 Å². The molecule has 0 fully saturated rings. The maximum absolute atomic E-state index is 11.3. The Kier molecular flexibility index (Phi) is 6.53. The van der Waals surface area contributed by atoms with Crippen molar-refractivity contribution in [2.45, 2.75) is 21.6 Å². The summed E-state index contributed by atoms with van der Waals surface area (Å²) in [6.07, 6.45) is 0.